The second-order valence-electron chi connectivity index (χ2n) is 4.18. The number of amides is 1. The van der Waals surface area contributed by atoms with Gasteiger partial charge in [0.05, 0.1) is 19.3 Å². The van der Waals surface area contributed by atoms with Gasteiger partial charge in [-0.15, -0.1) is 0 Å². The lowest BCUT2D eigenvalue weighted by molar-refractivity contribution is -0.123. The molecule has 0 saturated carbocycles. The zero-order valence-corrected chi connectivity index (χ0v) is 11.0. The van der Waals surface area contributed by atoms with E-state index < -0.39 is 5.92 Å². The molecule has 0 fully saturated rings. The maximum Gasteiger partial charge on any atom is 0.237 e. The van der Waals surface area contributed by atoms with Crippen molar-refractivity contribution >= 4 is 5.91 Å². The number of hydrogen-bond donors (Lipinski definition) is 1. The molecule has 0 aliphatic heterocycles. The lowest BCUT2D eigenvalue weighted by Crippen LogP contribution is -2.33. The highest BCUT2D eigenvalue weighted by Gasteiger charge is 2.15. The number of ether oxygens (including phenoxy) is 1. The molecule has 0 aliphatic rings. The Balaban J connectivity index is 3.54. The molecule has 0 aliphatic carbocycles. The van der Waals surface area contributed by atoms with Crippen LogP contribution in [0.5, 0.6) is 0 Å². The van der Waals surface area contributed by atoms with Crippen molar-refractivity contribution in [2.45, 2.75) is 19.8 Å². The average Bonchev–Trinajstić information content (AvgIpc) is 2.29. The summed E-state index contributed by atoms with van der Waals surface area (Å²) in [6.07, 6.45) is 1.45. The van der Waals surface area contributed by atoms with E-state index in [1.807, 2.05) is 32.0 Å². The molecule has 0 saturated heterocycles. The molecular formula is C12H23N3O2. The number of nitriles is 1. The maximum absolute atomic E-state index is 11.5. The summed E-state index contributed by atoms with van der Waals surface area (Å²) in [5.41, 5.74) is 0. The van der Waals surface area contributed by atoms with Gasteiger partial charge in [-0.2, -0.15) is 5.26 Å². The largest absolute Gasteiger partial charge is 0.378 e. The fourth-order valence-electron chi connectivity index (χ4n) is 1.26. The van der Waals surface area contributed by atoms with E-state index in [9.17, 15) is 4.79 Å². The lowest BCUT2D eigenvalue weighted by atomic mass is 10.1. The Morgan fingerprint density at radius 3 is 2.71 bits per heavy atom. The van der Waals surface area contributed by atoms with E-state index >= 15 is 0 Å². The normalized spacial score (nSPS) is 12.2. The molecule has 0 aromatic carbocycles. The van der Waals surface area contributed by atoms with Crippen LogP contribution in [0.3, 0.4) is 0 Å². The van der Waals surface area contributed by atoms with E-state index in [4.69, 9.17) is 10.00 Å². The summed E-state index contributed by atoms with van der Waals surface area (Å²) in [5.74, 6) is -0.715. The molecule has 0 spiro atoms. The van der Waals surface area contributed by atoms with E-state index in [0.717, 1.165) is 13.0 Å². The second-order valence-corrected chi connectivity index (χ2v) is 4.18. The Kier molecular flexibility index (Phi) is 9.40. The van der Waals surface area contributed by atoms with Gasteiger partial charge in [-0.1, -0.05) is 13.3 Å². The van der Waals surface area contributed by atoms with Gasteiger partial charge in [0.25, 0.3) is 0 Å². The third-order valence-corrected chi connectivity index (χ3v) is 2.28. The van der Waals surface area contributed by atoms with Crippen LogP contribution in [0.15, 0.2) is 0 Å². The highest BCUT2D eigenvalue weighted by atomic mass is 16.5. The van der Waals surface area contributed by atoms with Crippen molar-refractivity contribution in [3.8, 4) is 6.07 Å². The van der Waals surface area contributed by atoms with Crippen molar-refractivity contribution in [2.75, 3.05) is 40.4 Å². The predicted octanol–water partition coefficient (Wildman–Crippen LogP) is 0.621. The smallest absolute Gasteiger partial charge is 0.237 e. The van der Waals surface area contributed by atoms with Crippen LogP contribution in [0.2, 0.25) is 0 Å². The van der Waals surface area contributed by atoms with E-state index in [1.54, 1.807) is 0 Å². The SMILES string of the molecule is CCCC(C#N)C(=O)NCCOCCN(C)C. The van der Waals surface area contributed by atoms with Gasteiger partial charge in [0, 0.05) is 13.1 Å². The van der Waals surface area contributed by atoms with Gasteiger partial charge in [0.1, 0.15) is 5.92 Å². The number of hydrogen-bond acceptors (Lipinski definition) is 4. The number of likely N-dealkylation sites (N-methyl/N-ethyl adjacent to an activating group) is 1. The van der Waals surface area contributed by atoms with Crippen LogP contribution in [0, 0.1) is 17.2 Å². The number of carbonyl (C=O) groups excluding carboxylic acids is 1. The Morgan fingerprint density at radius 1 is 1.47 bits per heavy atom. The molecule has 0 aromatic heterocycles. The van der Waals surface area contributed by atoms with Gasteiger partial charge in [0.2, 0.25) is 5.91 Å². The van der Waals surface area contributed by atoms with E-state index in [2.05, 4.69) is 5.32 Å². The van der Waals surface area contributed by atoms with Crippen LogP contribution in [0.1, 0.15) is 19.8 Å². The Morgan fingerprint density at radius 2 is 2.18 bits per heavy atom. The van der Waals surface area contributed by atoms with Crippen molar-refractivity contribution in [1.29, 1.82) is 5.26 Å². The number of carbonyl (C=O) groups is 1. The Hall–Kier alpha value is -1.12. The van der Waals surface area contributed by atoms with Crippen LogP contribution in [0.25, 0.3) is 0 Å². The van der Waals surface area contributed by atoms with Crippen molar-refractivity contribution in [1.82, 2.24) is 10.2 Å². The topological polar surface area (TPSA) is 65.4 Å². The molecule has 1 unspecified atom stereocenters. The first-order valence-electron chi connectivity index (χ1n) is 6.01. The van der Waals surface area contributed by atoms with Crippen LogP contribution in [0.4, 0.5) is 0 Å². The Bertz CT molecular complexity index is 249. The molecule has 1 atom stereocenters. The first kappa shape index (κ1) is 15.9. The summed E-state index contributed by atoms with van der Waals surface area (Å²) in [5, 5.41) is 11.5. The van der Waals surface area contributed by atoms with Gasteiger partial charge in [0.15, 0.2) is 0 Å². The maximum atomic E-state index is 11.5. The molecule has 0 bridgehead atoms. The standard InChI is InChI=1S/C12H23N3O2/c1-4-5-11(10-13)12(16)14-6-8-17-9-7-15(2)3/h11H,4-9H2,1-3H3,(H,14,16). The molecule has 98 valence electrons. The summed E-state index contributed by atoms with van der Waals surface area (Å²) in [6, 6.07) is 2.01. The summed E-state index contributed by atoms with van der Waals surface area (Å²) in [7, 11) is 3.96. The molecule has 0 radical (unpaired) electrons. The van der Waals surface area contributed by atoms with Crippen molar-refractivity contribution < 1.29 is 9.53 Å². The minimum absolute atomic E-state index is 0.189. The summed E-state index contributed by atoms with van der Waals surface area (Å²) < 4.78 is 5.33. The second kappa shape index (κ2) is 10.1. The Labute approximate surface area is 104 Å². The van der Waals surface area contributed by atoms with Crippen LogP contribution < -0.4 is 5.32 Å². The summed E-state index contributed by atoms with van der Waals surface area (Å²) in [6.45, 7) is 4.43. The van der Waals surface area contributed by atoms with Gasteiger partial charge in [-0.25, -0.2) is 0 Å². The minimum Gasteiger partial charge on any atom is -0.378 e. The van der Waals surface area contributed by atoms with Gasteiger partial charge in [-0.05, 0) is 20.5 Å². The third-order valence-electron chi connectivity index (χ3n) is 2.28. The molecule has 1 amide bonds. The quantitative estimate of drug-likeness (QED) is 0.601. The summed E-state index contributed by atoms with van der Waals surface area (Å²) in [4.78, 5) is 13.5. The highest BCUT2D eigenvalue weighted by molar-refractivity contribution is 5.80. The predicted molar refractivity (Wildman–Crippen MR) is 66.4 cm³/mol. The lowest BCUT2D eigenvalue weighted by Gasteiger charge is -2.11. The third kappa shape index (κ3) is 8.66. The molecular weight excluding hydrogens is 218 g/mol. The van der Waals surface area contributed by atoms with Gasteiger partial charge < -0.3 is 15.0 Å². The molecule has 0 rings (SSSR count). The van der Waals surface area contributed by atoms with E-state index in [0.29, 0.717) is 26.2 Å². The monoisotopic (exact) mass is 241 g/mol. The van der Waals surface area contributed by atoms with Crippen LogP contribution >= 0.6 is 0 Å². The molecule has 5 nitrogen and oxygen atoms in total. The average molecular weight is 241 g/mol. The molecule has 0 aromatic rings. The number of nitrogens with zero attached hydrogens (tertiary/aromatic N) is 2. The highest BCUT2D eigenvalue weighted by Crippen LogP contribution is 2.04. The first-order chi connectivity index (χ1) is 8.11. The van der Waals surface area contributed by atoms with E-state index in [1.165, 1.54) is 0 Å². The first-order valence-corrected chi connectivity index (χ1v) is 6.01. The zero-order valence-electron chi connectivity index (χ0n) is 11.0. The fraction of sp³-hybridized carbons (Fsp3) is 0.833. The molecule has 5 heteroatoms. The number of nitrogens with one attached hydrogen (secondary N) is 1. The molecule has 17 heavy (non-hydrogen) atoms. The van der Waals surface area contributed by atoms with E-state index in [-0.39, 0.29) is 5.91 Å². The van der Waals surface area contributed by atoms with Crippen LogP contribution in [-0.2, 0) is 9.53 Å². The number of rotatable bonds is 9. The van der Waals surface area contributed by atoms with Crippen LogP contribution in [-0.4, -0.2) is 51.2 Å². The van der Waals surface area contributed by atoms with Gasteiger partial charge in [-0.3, -0.25) is 4.79 Å². The summed E-state index contributed by atoms with van der Waals surface area (Å²) >= 11 is 0. The van der Waals surface area contributed by atoms with Crippen molar-refractivity contribution in [3.63, 3.8) is 0 Å². The fourth-order valence-corrected chi connectivity index (χ4v) is 1.26. The van der Waals surface area contributed by atoms with Gasteiger partial charge >= 0.3 is 0 Å². The van der Waals surface area contributed by atoms with Crippen molar-refractivity contribution in [3.05, 3.63) is 0 Å². The van der Waals surface area contributed by atoms with Crippen molar-refractivity contribution in [2.24, 2.45) is 5.92 Å². The molecule has 1 N–H and O–H groups in total. The minimum atomic E-state index is -0.526. The molecule has 0 heterocycles. The zero-order chi connectivity index (χ0) is 13.1.